The molecule has 1 aliphatic rings. The second-order valence-corrected chi connectivity index (χ2v) is 9.56. The lowest BCUT2D eigenvalue weighted by atomic mass is 9.87. The number of anilines is 1. The van der Waals surface area contributed by atoms with Crippen LogP contribution in [0.1, 0.15) is 59.9 Å². The Balaban J connectivity index is 1.92. The van der Waals surface area contributed by atoms with Gasteiger partial charge in [0.25, 0.3) is 5.91 Å². The van der Waals surface area contributed by atoms with E-state index in [4.69, 9.17) is 4.74 Å². The lowest BCUT2D eigenvalue weighted by molar-refractivity contribution is -0.138. The number of esters is 1. The van der Waals surface area contributed by atoms with Gasteiger partial charge < -0.3 is 25.2 Å². The number of hydrogen-bond acceptors (Lipinski definition) is 6. The van der Waals surface area contributed by atoms with Crippen LogP contribution in [0, 0.1) is 5.41 Å². The van der Waals surface area contributed by atoms with Crippen molar-refractivity contribution in [2.24, 2.45) is 5.41 Å². The molecule has 0 aliphatic carbocycles. The van der Waals surface area contributed by atoms with Crippen LogP contribution < -0.4 is 10.2 Å². The van der Waals surface area contributed by atoms with Gasteiger partial charge in [-0.1, -0.05) is 51.1 Å². The number of nitrogens with one attached hydrogen (secondary N) is 1. The first kappa shape index (κ1) is 25.2. The summed E-state index contributed by atoms with van der Waals surface area (Å²) < 4.78 is 5.52. The van der Waals surface area contributed by atoms with Gasteiger partial charge in [-0.25, -0.2) is 9.59 Å². The number of carboxylic acid groups (broad SMARTS) is 1. The summed E-state index contributed by atoms with van der Waals surface area (Å²) in [6.07, 6.45) is 1.15. The van der Waals surface area contributed by atoms with E-state index >= 15 is 0 Å². The quantitative estimate of drug-likeness (QED) is 0.509. The number of carbonyl (C=O) groups is 3. The normalized spacial score (nSPS) is 16.7. The molecule has 1 fully saturated rings. The summed E-state index contributed by atoms with van der Waals surface area (Å²) in [6, 6.07) is 12.6. The molecule has 2 aromatic carbocycles. The number of aliphatic carboxylic acids is 1. The number of amides is 1. The standard InChI is InChI=1S/C26H32N2O6/c1-26(2,3)22(15-29)27-23(30)18-11-12-20(28-13-7-10-21(28)24(31)32)19(14-18)25(33)34-16-17-8-5-4-6-9-17/h4-6,8-9,11-12,14,21-22,29H,7,10,13,15-16H2,1-3H3,(H,27,30)(H,31,32). The predicted molar refractivity (Wildman–Crippen MR) is 128 cm³/mol. The van der Waals surface area contributed by atoms with Crippen LogP contribution in [0.25, 0.3) is 0 Å². The van der Waals surface area contributed by atoms with Crippen molar-refractivity contribution in [1.29, 1.82) is 0 Å². The van der Waals surface area contributed by atoms with Crippen molar-refractivity contribution in [2.45, 2.75) is 52.3 Å². The Labute approximate surface area is 199 Å². The van der Waals surface area contributed by atoms with Gasteiger partial charge >= 0.3 is 11.9 Å². The number of carbonyl (C=O) groups excluding carboxylic acids is 2. The van der Waals surface area contributed by atoms with E-state index < -0.39 is 29.9 Å². The molecule has 3 N–H and O–H groups in total. The molecule has 0 radical (unpaired) electrons. The highest BCUT2D eigenvalue weighted by Gasteiger charge is 2.34. The SMILES string of the molecule is CC(C)(C)C(CO)NC(=O)c1ccc(N2CCCC2C(=O)O)c(C(=O)OCc2ccccc2)c1. The maximum Gasteiger partial charge on any atom is 0.340 e. The Morgan fingerprint density at radius 1 is 1.15 bits per heavy atom. The minimum absolute atomic E-state index is 0.0501. The predicted octanol–water partition coefficient (Wildman–Crippen LogP) is 3.23. The number of nitrogens with zero attached hydrogens (tertiary/aromatic N) is 1. The molecule has 182 valence electrons. The molecular formula is C26H32N2O6. The molecule has 0 bridgehead atoms. The van der Waals surface area contributed by atoms with Crippen molar-refractivity contribution in [3.63, 3.8) is 0 Å². The molecule has 8 heteroatoms. The van der Waals surface area contributed by atoms with Gasteiger partial charge in [-0.2, -0.15) is 0 Å². The third-order valence-electron chi connectivity index (χ3n) is 6.07. The highest BCUT2D eigenvalue weighted by Crippen LogP contribution is 2.31. The molecule has 2 atom stereocenters. The molecule has 2 aromatic rings. The molecule has 0 saturated carbocycles. The van der Waals surface area contributed by atoms with Gasteiger partial charge in [0.1, 0.15) is 12.6 Å². The molecule has 8 nitrogen and oxygen atoms in total. The van der Waals surface area contributed by atoms with Gasteiger partial charge in [0.15, 0.2) is 0 Å². The Morgan fingerprint density at radius 3 is 2.47 bits per heavy atom. The van der Waals surface area contributed by atoms with E-state index in [-0.39, 0.29) is 29.8 Å². The van der Waals surface area contributed by atoms with Crippen LogP contribution in [0.5, 0.6) is 0 Å². The highest BCUT2D eigenvalue weighted by atomic mass is 16.5. The molecule has 34 heavy (non-hydrogen) atoms. The number of ether oxygens (including phenoxy) is 1. The van der Waals surface area contributed by atoms with Crippen molar-refractivity contribution in [1.82, 2.24) is 5.32 Å². The molecule has 0 spiro atoms. The van der Waals surface area contributed by atoms with Crippen molar-refractivity contribution in [3.8, 4) is 0 Å². The van der Waals surface area contributed by atoms with Crippen LogP contribution in [0.15, 0.2) is 48.5 Å². The maximum absolute atomic E-state index is 13.1. The minimum atomic E-state index is -0.959. The van der Waals surface area contributed by atoms with E-state index in [1.165, 1.54) is 6.07 Å². The fraction of sp³-hybridized carbons (Fsp3) is 0.423. The van der Waals surface area contributed by atoms with Crippen molar-refractivity contribution < 1.29 is 29.3 Å². The van der Waals surface area contributed by atoms with Gasteiger partial charge in [-0.3, -0.25) is 4.79 Å². The lowest BCUT2D eigenvalue weighted by Crippen LogP contribution is -2.46. The molecule has 1 amide bonds. The van der Waals surface area contributed by atoms with Gasteiger partial charge in [-0.15, -0.1) is 0 Å². The van der Waals surface area contributed by atoms with Gasteiger partial charge in [0.05, 0.1) is 23.9 Å². The zero-order chi connectivity index (χ0) is 24.9. The fourth-order valence-electron chi connectivity index (χ4n) is 3.98. The average molecular weight is 469 g/mol. The zero-order valence-corrected chi connectivity index (χ0v) is 19.8. The smallest absolute Gasteiger partial charge is 0.340 e. The number of aliphatic hydroxyl groups is 1. The summed E-state index contributed by atoms with van der Waals surface area (Å²) in [5, 5.41) is 22.1. The van der Waals surface area contributed by atoms with E-state index in [1.54, 1.807) is 17.0 Å². The zero-order valence-electron chi connectivity index (χ0n) is 19.8. The van der Waals surface area contributed by atoms with Gasteiger partial charge in [-0.05, 0) is 42.0 Å². The van der Waals surface area contributed by atoms with Crippen molar-refractivity contribution in [3.05, 3.63) is 65.2 Å². The van der Waals surface area contributed by atoms with Crippen LogP contribution >= 0.6 is 0 Å². The first-order chi connectivity index (χ1) is 16.1. The Bertz CT molecular complexity index is 1030. The third kappa shape index (κ3) is 5.94. The molecule has 3 rings (SSSR count). The maximum atomic E-state index is 13.1. The monoisotopic (exact) mass is 468 g/mol. The molecule has 2 unspecified atom stereocenters. The molecule has 1 aliphatic heterocycles. The van der Waals surface area contributed by atoms with Crippen LogP contribution in [0.3, 0.4) is 0 Å². The molecule has 1 saturated heterocycles. The van der Waals surface area contributed by atoms with E-state index in [1.807, 2.05) is 51.1 Å². The van der Waals surface area contributed by atoms with Gasteiger partial charge in [0, 0.05) is 12.1 Å². The third-order valence-corrected chi connectivity index (χ3v) is 6.07. The highest BCUT2D eigenvalue weighted by molar-refractivity contribution is 6.02. The summed E-state index contributed by atoms with van der Waals surface area (Å²) >= 11 is 0. The topological polar surface area (TPSA) is 116 Å². The lowest BCUT2D eigenvalue weighted by Gasteiger charge is -2.30. The summed E-state index contributed by atoms with van der Waals surface area (Å²) in [7, 11) is 0. The van der Waals surface area contributed by atoms with Crippen LogP contribution in [0.4, 0.5) is 5.69 Å². The summed E-state index contributed by atoms with van der Waals surface area (Å²) in [6.45, 7) is 6.02. The number of hydrogen-bond donors (Lipinski definition) is 3. The second kappa shape index (κ2) is 10.7. The van der Waals surface area contributed by atoms with E-state index in [2.05, 4.69) is 5.32 Å². The fourth-order valence-corrected chi connectivity index (χ4v) is 3.98. The summed E-state index contributed by atoms with van der Waals surface area (Å²) in [5.74, 6) is -2.04. The Morgan fingerprint density at radius 2 is 1.85 bits per heavy atom. The van der Waals surface area contributed by atoms with Crippen LogP contribution in [0.2, 0.25) is 0 Å². The Kier molecular flexibility index (Phi) is 7.94. The van der Waals surface area contributed by atoms with Crippen LogP contribution in [-0.4, -0.2) is 53.3 Å². The largest absolute Gasteiger partial charge is 0.480 e. The first-order valence-electron chi connectivity index (χ1n) is 11.4. The first-order valence-corrected chi connectivity index (χ1v) is 11.4. The van der Waals surface area contributed by atoms with Crippen molar-refractivity contribution in [2.75, 3.05) is 18.1 Å². The average Bonchev–Trinajstić information content (AvgIpc) is 3.30. The van der Waals surface area contributed by atoms with Crippen LogP contribution in [-0.2, 0) is 16.1 Å². The summed E-state index contributed by atoms with van der Waals surface area (Å²) in [4.78, 5) is 39.5. The number of benzene rings is 2. The summed E-state index contributed by atoms with van der Waals surface area (Å²) in [5.41, 5.74) is 1.23. The van der Waals surface area contributed by atoms with E-state index in [0.717, 1.165) is 5.56 Å². The molecule has 1 heterocycles. The number of carboxylic acids is 1. The second-order valence-electron chi connectivity index (χ2n) is 9.56. The van der Waals surface area contributed by atoms with Gasteiger partial charge in [0.2, 0.25) is 0 Å². The number of aliphatic hydroxyl groups excluding tert-OH is 1. The number of rotatable bonds is 8. The van der Waals surface area contributed by atoms with E-state index in [0.29, 0.717) is 25.1 Å². The Hall–Kier alpha value is -3.39. The van der Waals surface area contributed by atoms with E-state index in [9.17, 15) is 24.6 Å². The molecule has 0 aromatic heterocycles. The molecular weight excluding hydrogens is 436 g/mol. The van der Waals surface area contributed by atoms with Crippen molar-refractivity contribution >= 4 is 23.5 Å². The minimum Gasteiger partial charge on any atom is -0.480 e.